The molecule has 1 heterocycles. The summed E-state index contributed by atoms with van der Waals surface area (Å²) in [6.07, 6.45) is 1.12. The molecule has 0 fully saturated rings. The van der Waals surface area contributed by atoms with Gasteiger partial charge in [-0.2, -0.15) is 0 Å². The van der Waals surface area contributed by atoms with Gasteiger partial charge in [-0.05, 0) is 47.6 Å². The number of aryl methyl sites for hydroxylation is 2. The fraction of sp³-hybridized carbons (Fsp3) is 0.706. The van der Waals surface area contributed by atoms with Gasteiger partial charge in [0.2, 0.25) is 10.0 Å². The van der Waals surface area contributed by atoms with E-state index < -0.39 is 21.2 Å². The van der Waals surface area contributed by atoms with Gasteiger partial charge in [0.25, 0.3) is 0 Å². The Labute approximate surface area is 156 Å². The van der Waals surface area contributed by atoms with Gasteiger partial charge in [-0.25, -0.2) is 13.1 Å². The highest BCUT2D eigenvalue weighted by atomic mass is 32.2. The van der Waals surface area contributed by atoms with E-state index in [2.05, 4.69) is 20.3 Å². The monoisotopic (exact) mass is 388 g/mol. The number of hydrogen-bond donors (Lipinski definition) is 4. The van der Waals surface area contributed by atoms with Crippen LogP contribution in [0.25, 0.3) is 0 Å². The Morgan fingerprint density at radius 3 is 2.35 bits per heavy atom. The van der Waals surface area contributed by atoms with Gasteiger partial charge < -0.3 is 20.2 Å². The third-order valence-corrected chi connectivity index (χ3v) is 4.58. The molecule has 1 aromatic heterocycles. The number of guanidine groups is 1. The fourth-order valence-corrected chi connectivity index (χ4v) is 3.74. The third kappa shape index (κ3) is 7.35. The van der Waals surface area contributed by atoms with Crippen molar-refractivity contribution in [1.82, 2.24) is 15.4 Å². The van der Waals surface area contributed by atoms with Gasteiger partial charge in [-0.15, -0.1) is 0 Å². The number of aliphatic hydroxyl groups is 1. The van der Waals surface area contributed by atoms with Gasteiger partial charge >= 0.3 is 0 Å². The van der Waals surface area contributed by atoms with Crippen LogP contribution in [0.5, 0.6) is 0 Å². The highest BCUT2D eigenvalue weighted by Crippen LogP contribution is 2.26. The number of hydrogen-bond acceptors (Lipinski definition) is 5. The number of aliphatic imine (C=N–C) groups is 1. The third-order valence-electron chi connectivity index (χ3n) is 3.66. The number of furan rings is 1. The molecule has 0 amide bonds. The van der Waals surface area contributed by atoms with Crippen molar-refractivity contribution < 1.29 is 17.9 Å². The van der Waals surface area contributed by atoms with Crippen LogP contribution in [-0.4, -0.2) is 50.9 Å². The van der Waals surface area contributed by atoms with Crippen molar-refractivity contribution in [3.63, 3.8) is 0 Å². The van der Waals surface area contributed by atoms with E-state index in [0.29, 0.717) is 18.3 Å². The topological polar surface area (TPSA) is 116 Å². The first kappa shape index (κ1) is 22.5. The summed E-state index contributed by atoms with van der Waals surface area (Å²) in [5.74, 6) is 1.91. The fourth-order valence-electron chi connectivity index (χ4n) is 2.67. The average molecular weight is 389 g/mol. The summed E-state index contributed by atoms with van der Waals surface area (Å²) in [7, 11) is -3.33. The van der Waals surface area contributed by atoms with Crippen molar-refractivity contribution in [2.75, 3.05) is 25.9 Å². The van der Waals surface area contributed by atoms with Crippen LogP contribution in [0.1, 0.15) is 44.8 Å². The zero-order valence-corrected chi connectivity index (χ0v) is 17.5. The van der Waals surface area contributed by atoms with Crippen molar-refractivity contribution in [2.45, 2.75) is 52.7 Å². The summed E-state index contributed by atoms with van der Waals surface area (Å²) in [6.45, 7) is 11.9. The Kier molecular flexibility index (Phi) is 7.26. The molecule has 0 saturated carbocycles. The van der Waals surface area contributed by atoms with Crippen LogP contribution < -0.4 is 15.4 Å². The van der Waals surface area contributed by atoms with E-state index in [1.54, 1.807) is 20.8 Å². The van der Waals surface area contributed by atoms with Crippen LogP contribution in [0.15, 0.2) is 15.5 Å². The summed E-state index contributed by atoms with van der Waals surface area (Å²) in [6, 6.07) is 1.82. The number of nitrogens with one attached hydrogen (secondary N) is 3. The average Bonchev–Trinajstić information content (AvgIpc) is 2.79. The van der Waals surface area contributed by atoms with Gasteiger partial charge in [0.15, 0.2) is 5.96 Å². The van der Waals surface area contributed by atoms with E-state index in [4.69, 9.17) is 4.42 Å². The van der Waals surface area contributed by atoms with E-state index in [1.165, 1.54) is 0 Å². The van der Waals surface area contributed by atoms with E-state index >= 15 is 0 Å². The lowest BCUT2D eigenvalue weighted by Crippen LogP contribution is -2.48. The molecule has 1 unspecified atom stereocenters. The minimum atomic E-state index is -3.33. The smallest absolute Gasteiger partial charge is 0.209 e. The van der Waals surface area contributed by atoms with Crippen molar-refractivity contribution >= 4 is 16.0 Å². The lowest BCUT2D eigenvalue weighted by Gasteiger charge is -2.26. The van der Waals surface area contributed by atoms with Gasteiger partial charge in [0, 0.05) is 17.6 Å². The molecule has 150 valence electrons. The summed E-state index contributed by atoms with van der Waals surface area (Å²) in [5, 5.41) is 17.0. The number of sulfonamides is 1. The van der Waals surface area contributed by atoms with E-state index in [-0.39, 0.29) is 13.1 Å². The molecular formula is C17H32N4O4S. The lowest BCUT2D eigenvalue weighted by atomic mass is 9.96. The molecule has 0 saturated heterocycles. The van der Waals surface area contributed by atoms with Gasteiger partial charge in [-0.3, -0.25) is 4.99 Å². The SMILES string of the molecule is CCNC(=NCC(C)(C)NS(C)(=O)=O)NCC(C)(O)c1cc(C)oc1C. The first-order valence-corrected chi connectivity index (χ1v) is 10.5. The Morgan fingerprint density at radius 1 is 1.27 bits per heavy atom. The molecule has 1 atom stereocenters. The summed E-state index contributed by atoms with van der Waals surface area (Å²) >= 11 is 0. The van der Waals surface area contributed by atoms with Crippen LogP contribution in [0.3, 0.4) is 0 Å². The Bertz CT molecular complexity index is 736. The predicted molar refractivity (Wildman–Crippen MR) is 104 cm³/mol. The Hall–Kier alpha value is -1.58. The molecule has 0 aromatic carbocycles. The second-order valence-electron chi connectivity index (χ2n) is 7.41. The molecular weight excluding hydrogens is 356 g/mol. The van der Waals surface area contributed by atoms with Crippen molar-refractivity contribution in [1.29, 1.82) is 0 Å². The van der Waals surface area contributed by atoms with Crippen molar-refractivity contribution in [3.8, 4) is 0 Å². The van der Waals surface area contributed by atoms with Crippen molar-refractivity contribution in [2.24, 2.45) is 4.99 Å². The molecule has 0 aliphatic carbocycles. The summed E-state index contributed by atoms with van der Waals surface area (Å²) in [5.41, 5.74) is -1.15. The number of rotatable bonds is 8. The minimum Gasteiger partial charge on any atom is -0.466 e. The molecule has 1 rings (SSSR count). The highest BCUT2D eigenvalue weighted by molar-refractivity contribution is 7.88. The first-order valence-electron chi connectivity index (χ1n) is 8.57. The molecule has 9 heteroatoms. The normalized spacial score (nSPS) is 15.6. The molecule has 0 aliphatic rings. The maximum absolute atomic E-state index is 11.4. The molecule has 8 nitrogen and oxygen atoms in total. The quantitative estimate of drug-likeness (QED) is 0.390. The highest BCUT2D eigenvalue weighted by Gasteiger charge is 2.28. The van der Waals surface area contributed by atoms with Crippen LogP contribution in [0.2, 0.25) is 0 Å². The minimum absolute atomic E-state index is 0.221. The van der Waals surface area contributed by atoms with E-state index in [9.17, 15) is 13.5 Å². The van der Waals surface area contributed by atoms with Gasteiger partial charge in [0.1, 0.15) is 17.1 Å². The Balaban J connectivity index is 2.83. The molecule has 26 heavy (non-hydrogen) atoms. The summed E-state index contributed by atoms with van der Waals surface area (Å²) < 4.78 is 30.9. The maximum atomic E-state index is 11.4. The van der Waals surface area contributed by atoms with Crippen LogP contribution in [-0.2, 0) is 15.6 Å². The Morgan fingerprint density at radius 2 is 1.88 bits per heavy atom. The molecule has 4 N–H and O–H groups in total. The molecule has 1 aromatic rings. The second-order valence-corrected chi connectivity index (χ2v) is 9.16. The zero-order chi connectivity index (χ0) is 20.2. The van der Waals surface area contributed by atoms with Gasteiger partial charge in [0.05, 0.1) is 19.3 Å². The molecule has 0 radical (unpaired) electrons. The van der Waals surface area contributed by atoms with Gasteiger partial charge in [-0.1, -0.05) is 0 Å². The summed E-state index contributed by atoms with van der Waals surface area (Å²) in [4.78, 5) is 4.43. The standard InChI is InChI=1S/C17H32N4O4S/c1-8-18-15(19-10-16(4,5)21-26(7,23)24)20-11-17(6,22)14-9-12(2)25-13(14)3/h9,21-22H,8,10-11H2,1-7H3,(H2,18,19,20). The van der Waals surface area contributed by atoms with Crippen LogP contribution in [0.4, 0.5) is 0 Å². The van der Waals surface area contributed by atoms with Crippen molar-refractivity contribution in [3.05, 3.63) is 23.2 Å². The van der Waals surface area contributed by atoms with Crippen LogP contribution >= 0.6 is 0 Å². The molecule has 0 spiro atoms. The zero-order valence-electron chi connectivity index (χ0n) is 16.7. The van der Waals surface area contributed by atoms with E-state index in [0.717, 1.165) is 17.6 Å². The lowest BCUT2D eigenvalue weighted by molar-refractivity contribution is 0.0601. The second kappa shape index (κ2) is 8.41. The van der Waals surface area contributed by atoms with Crippen LogP contribution in [0, 0.1) is 13.8 Å². The predicted octanol–water partition coefficient (Wildman–Crippen LogP) is 0.987. The largest absolute Gasteiger partial charge is 0.466 e. The number of nitrogens with zero attached hydrogens (tertiary/aromatic N) is 1. The van der Waals surface area contributed by atoms with E-state index in [1.807, 2.05) is 26.8 Å². The first-order chi connectivity index (χ1) is 11.8. The maximum Gasteiger partial charge on any atom is 0.209 e. The molecule has 0 aliphatic heterocycles. The molecule has 0 bridgehead atoms.